The van der Waals surface area contributed by atoms with Crippen LogP contribution in [-0.2, 0) is 6.54 Å². The Bertz CT molecular complexity index is 876. The van der Waals surface area contributed by atoms with Crippen LogP contribution in [0.4, 0.5) is 27.4 Å². The Kier molecular flexibility index (Phi) is 4.78. The smallest absolute Gasteiger partial charge is 0.157 e. The highest BCUT2D eigenvalue weighted by atomic mass is 19.1. The first kappa shape index (κ1) is 17.1. The molecule has 3 heterocycles. The summed E-state index contributed by atoms with van der Waals surface area (Å²) < 4.78 is 18.4. The summed E-state index contributed by atoms with van der Waals surface area (Å²) in [5.74, 6) is 1.91. The van der Waals surface area contributed by atoms with Crippen molar-refractivity contribution < 1.29 is 8.81 Å². The van der Waals surface area contributed by atoms with Gasteiger partial charge in [-0.3, -0.25) is 0 Å². The summed E-state index contributed by atoms with van der Waals surface area (Å²) in [6.07, 6.45) is 3.15. The number of halogens is 1. The largest absolute Gasteiger partial charge is 0.467 e. The standard InChI is InChI=1S/C19H21FN6O/c20-14-3-5-15(6-4-14)25-7-9-26(10-8-25)19-17(21)18(23-13-24-19)22-12-16-2-1-11-27-16/h1-6,11,13H,7-10,12,21H2,(H,22,23,24). The number of furan rings is 1. The fourth-order valence-electron chi connectivity index (χ4n) is 3.19. The van der Waals surface area contributed by atoms with Crippen LogP contribution in [0.5, 0.6) is 0 Å². The van der Waals surface area contributed by atoms with E-state index >= 15 is 0 Å². The van der Waals surface area contributed by atoms with Gasteiger partial charge in [-0.2, -0.15) is 0 Å². The molecule has 27 heavy (non-hydrogen) atoms. The third kappa shape index (κ3) is 3.79. The van der Waals surface area contributed by atoms with Crippen LogP contribution in [0.2, 0.25) is 0 Å². The molecule has 1 aliphatic rings. The summed E-state index contributed by atoms with van der Waals surface area (Å²) in [6, 6.07) is 10.3. The molecule has 3 aromatic rings. The van der Waals surface area contributed by atoms with E-state index in [1.807, 2.05) is 12.1 Å². The maximum absolute atomic E-state index is 13.1. The van der Waals surface area contributed by atoms with E-state index in [9.17, 15) is 4.39 Å². The van der Waals surface area contributed by atoms with Gasteiger partial charge in [0.05, 0.1) is 12.8 Å². The molecule has 0 aliphatic carbocycles. The molecule has 1 saturated heterocycles. The molecular formula is C19H21FN6O. The number of aromatic nitrogens is 2. The number of nitrogens with one attached hydrogen (secondary N) is 1. The third-order valence-electron chi connectivity index (χ3n) is 4.64. The van der Waals surface area contributed by atoms with Crippen LogP contribution in [0.25, 0.3) is 0 Å². The van der Waals surface area contributed by atoms with Crippen molar-refractivity contribution in [3.8, 4) is 0 Å². The highest BCUT2D eigenvalue weighted by Crippen LogP contribution is 2.28. The van der Waals surface area contributed by atoms with Gasteiger partial charge in [0.25, 0.3) is 0 Å². The molecule has 0 spiro atoms. The SMILES string of the molecule is Nc1c(NCc2ccco2)ncnc1N1CCN(c2ccc(F)cc2)CC1. The van der Waals surface area contributed by atoms with E-state index in [0.29, 0.717) is 18.1 Å². The van der Waals surface area contributed by atoms with Crippen molar-refractivity contribution in [1.29, 1.82) is 0 Å². The van der Waals surface area contributed by atoms with Gasteiger partial charge in [0.2, 0.25) is 0 Å². The summed E-state index contributed by atoms with van der Waals surface area (Å²) in [6.45, 7) is 3.67. The highest BCUT2D eigenvalue weighted by molar-refractivity contribution is 5.75. The van der Waals surface area contributed by atoms with Crippen molar-refractivity contribution in [2.75, 3.05) is 47.0 Å². The van der Waals surface area contributed by atoms with Crippen molar-refractivity contribution in [2.24, 2.45) is 0 Å². The van der Waals surface area contributed by atoms with Crippen LogP contribution in [0, 0.1) is 5.82 Å². The molecule has 140 valence electrons. The second-order valence-corrected chi connectivity index (χ2v) is 6.34. The minimum atomic E-state index is -0.222. The molecule has 3 N–H and O–H groups in total. The van der Waals surface area contributed by atoms with Crippen molar-refractivity contribution in [1.82, 2.24) is 9.97 Å². The Balaban J connectivity index is 1.42. The van der Waals surface area contributed by atoms with Crippen molar-refractivity contribution in [3.63, 3.8) is 0 Å². The lowest BCUT2D eigenvalue weighted by molar-refractivity contribution is 0.518. The Hall–Kier alpha value is -3.29. The minimum absolute atomic E-state index is 0.222. The lowest BCUT2D eigenvalue weighted by Crippen LogP contribution is -2.47. The fourth-order valence-corrected chi connectivity index (χ4v) is 3.19. The van der Waals surface area contributed by atoms with E-state index in [2.05, 4.69) is 25.1 Å². The number of rotatable bonds is 5. The molecule has 7 nitrogen and oxygen atoms in total. The number of anilines is 4. The zero-order chi connectivity index (χ0) is 18.6. The number of benzene rings is 1. The van der Waals surface area contributed by atoms with Crippen molar-refractivity contribution in [2.45, 2.75) is 6.54 Å². The predicted octanol–water partition coefficient (Wildman–Crippen LogP) is 2.73. The fraction of sp³-hybridized carbons (Fsp3) is 0.263. The Morgan fingerprint density at radius 2 is 1.78 bits per heavy atom. The lowest BCUT2D eigenvalue weighted by atomic mass is 10.2. The van der Waals surface area contributed by atoms with Gasteiger partial charge in [0.1, 0.15) is 23.6 Å². The number of piperazine rings is 1. The van der Waals surface area contributed by atoms with Crippen LogP contribution in [0.3, 0.4) is 0 Å². The van der Waals surface area contributed by atoms with Crippen LogP contribution in [0.15, 0.2) is 53.4 Å². The number of nitrogens with zero attached hydrogens (tertiary/aromatic N) is 4. The van der Waals surface area contributed by atoms with Crippen LogP contribution in [-0.4, -0.2) is 36.1 Å². The molecule has 1 fully saturated rings. The molecule has 0 amide bonds. The summed E-state index contributed by atoms with van der Waals surface area (Å²) in [5, 5.41) is 3.19. The first-order chi connectivity index (χ1) is 13.2. The number of nitrogens with two attached hydrogens (primary N) is 1. The maximum Gasteiger partial charge on any atom is 0.157 e. The van der Waals surface area contributed by atoms with Gasteiger partial charge < -0.3 is 25.3 Å². The molecular weight excluding hydrogens is 347 g/mol. The van der Waals surface area contributed by atoms with Gasteiger partial charge in [-0.15, -0.1) is 0 Å². The summed E-state index contributed by atoms with van der Waals surface area (Å²) in [7, 11) is 0. The molecule has 0 atom stereocenters. The van der Waals surface area contributed by atoms with Gasteiger partial charge >= 0.3 is 0 Å². The maximum atomic E-state index is 13.1. The first-order valence-corrected chi connectivity index (χ1v) is 8.83. The zero-order valence-electron chi connectivity index (χ0n) is 14.8. The number of hydrogen-bond donors (Lipinski definition) is 2. The summed E-state index contributed by atoms with van der Waals surface area (Å²) >= 11 is 0. The topological polar surface area (TPSA) is 83.4 Å². The summed E-state index contributed by atoms with van der Waals surface area (Å²) in [5.41, 5.74) is 7.85. The molecule has 0 radical (unpaired) electrons. The first-order valence-electron chi connectivity index (χ1n) is 8.83. The van der Waals surface area contributed by atoms with Crippen LogP contribution >= 0.6 is 0 Å². The Morgan fingerprint density at radius 1 is 1.04 bits per heavy atom. The monoisotopic (exact) mass is 368 g/mol. The minimum Gasteiger partial charge on any atom is -0.467 e. The van der Waals surface area contributed by atoms with Crippen LogP contribution < -0.4 is 20.9 Å². The Labute approximate surface area is 156 Å². The van der Waals surface area contributed by atoms with E-state index in [1.165, 1.54) is 18.5 Å². The highest BCUT2D eigenvalue weighted by Gasteiger charge is 2.21. The summed E-state index contributed by atoms with van der Waals surface area (Å²) in [4.78, 5) is 13.0. The van der Waals surface area contributed by atoms with E-state index in [1.54, 1.807) is 18.4 Å². The second-order valence-electron chi connectivity index (χ2n) is 6.34. The van der Waals surface area contributed by atoms with Crippen molar-refractivity contribution >= 4 is 23.0 Å². The van der Waals surface area contributed by atoms with E-state index < -0.39 is 0 Å². The van der Waals surface area contributed by atoms with Gasteiger partial charge in [-0.05, 0) is 36.4 Å². The molecule has 0 bridgehead atoms. The molecule has 0 unspecified atom stereocenters. The van der Waals surface area contributed by atoms with Crippen molar-refractivity contribution in [3.05, 3.63) is 60.6 Å². The zero-order valence-corrected chi connectivity index (χ0v) is 14.8. The van der Waals surface area contributed by atoms with E-state index in [4.69, 9.17) is 10.2 Å². The Morgan fingerprint density at radius 3 is 2.48 bits per heavy atom. The normalized spacial score (nSPS) is 14.4. The third-order valence-corrected chi connectivity index (χ3v) is 4.64. The van der Waals surface area contributed by atoms with E-state index in [0.717, 1.165) is 43.4 Å². The number of hydrogen-bond acceptors (Lipinski definition) is 7. The predicted molar refractivity (Wildman–Crippen MR) is 103 cm³/mol. The second kappa shape index (κ2) is 7.53. The molecule has 1 aliphatic heterocycles. The van der Waals surface area contributed by atoms with Crippen LogP contribution in [0.1, 0.15) is 5.76 Å². The average Bonchev–Trinajstić information content (AvgIpc) is 3.22. The average molecular weight is 368 g/mol. The molecule has 0 saturated carbocycles. The number of nitrogen functional groups attached to an aromatic ring is 1. The lowest BCUT2D eigenvalue weighted by Gasteiger charge is -2.37. The van der Waals surface area contributed by atoms with Gasteiger partial charge in [0, 0.05) is 31.9 Å². The molecule has 8 heteroatoms. The van der Waals surface area contributed by atoms with E-state index in [-0.39, 0.29) is 5.82 Å². The molecule has 1 aromatic carbocycles. The van der Waals surface area contributed by atoms with Gasteiger partial charge in [-0.25, -0.2) is 14.4 Å². The molecule has 4 rings (SSSR count). The van der Waals surface area contributed by atoms with Gasteiger partial charge in [0.15, 0.2) is 11.6 Å². The molecule has 2 aromatic heterocycles. The quantitative estimate of drug-likeness (QED) is 0.716. The van der Waals surface area contributed by atoms with Gasteiger partial charge in [-0.1, -0.05) is 0 Å².